The van der Waals surface area contributed by atoms with E-state index in [4.69, 9.17) is 4.74 Å². The minimum absolute atomic E-state index is 0.00482. The van der Waals surface area contributed by atoms with E-state index in [-0.39, 0.29) is 18.5 Å². The number of ether oxygens (including phenoxy) is 1. The van der Waals surface area contributed by atoms with Crippen molar-refractivity contribution >= 4 is 11.9 Å². The van der Waals surface area contributed by atoms with Gasteiger partial charge in [0.15, 0.2) is 0 Å². The molecule has 0 rings (SSSR count). The molecule has 6 heteroatoms. The van der Waals surface area contributed by atoms with E-state index in [0.29, 0.717) is 25.9 Å². The Balaban J connectivity index is 3.43. The first kappa shape index (κ1) is 63.9. The van der Waals surface area contributed by atoms with Gasteiger partial charge in [-0.15, -0.1) is 0 Å². The standard InChI is InChI=1S/C59H117NO5/c1-3-5-7-9-11-13-15-17-19-20-21-22-23-24-26-27-31-35-39-43-47-51-57(62)56(55-61)60-58(63)52-48-44-40-36-32-29-30-34-38-42-46-50-54-65-59(64)53-49-45-41-37-33-28-25-18-16-14-12-10-8-6-4-2/h56-57,61-62H,3-55H2,1-2H3,(H,60,63). The van der Waals surface area contributed by atoms with Crippen LogP contribution in [0.25, 0.3) is 0 Å². The van der Waals surface area contributed by atoms with Gasteiger partial charge in [0.2, 0.25) is 5.91 Å². The van der Waals surface area contributed by atoms with E-state index in [1.165, 1.54) is 250 Å². The second-order valence-corrected chi connectivity index (χ2v) is 20.7. The SMILES string of the molecule is CCCCCCCCCCCCCCCCCCCCCCCC(O)C(CO)NC(=O)CCCCCCCCCCCCCCOC(=O)CCCCCCCCCCCCCCCCC. The number of unbranched alkanes of at least 4 members (excludes halogenated alkanes) is 45. The molecule has 0 heterocycles. The fourth-order valence-electron chi connectivity index (χ4n) is 9.58. The molecule has 0 spiro atoms. The van der Waals surface area contributed by atoms with Gasteiger partial charge in [-0.1, -0.05) is 303 Å². The van der Waals surface area contributed by atoms with Crippen LogP contribution in [0.3, 0.4) is 0 Å². The Morgan fingerprint density at radius 3 is 0.938 bits per heavy atom. The van der Waals surface area contributed by atoms with Crippen LogP contribution in [0.4, 0.5) is 0 Å². The Bertz CT molecular complexity index is 928. The van der Waals surface area contributed by atoms with Crippen molar-refractivity contribution in [3.05, 3.63) is 0 Å². The van der Waals surface area contributed by atoms with Crippen molar-refractivity contribution in [2.24, 2.45) is 0 Å². The fourth-order valence-corrected chi connectivity index (χ4v) is 9.58. The van der Waals surface area contributed by atoms with E-state index in [1.54, 1.807) is 0 Å². The van der Waals surface area contributed by atoms with Crippen LogP contribution in [0.15, 0.2) is 0 Å². The van der Waals surface area contributed by atoms with Crippen LogP contribution in [0.2, 0.25) is 0 Å². The average Bonchev–Trinajstić information content (AvgIpc) is 3.31. The number of aliphatic hydroxyl groups excluding tert-OH is 2. The summed E-state index contributed by atoms with van der Waals surface area (Å²) < 4.78 is 5.48. The lowest BCUT2D eigenvalue weighted by molar-refractivity contribution is -0.143. The zero-order valence-corrected chi connectivity index (χ0v) is 44.3. The molecule has 0 aromatic rings. The Morgan fingerprint density at radius 2 is 0.631 bits per heavy atom. The predicted octanol–water partition coefficient (Wildman–Crippen LogP) is 18.3. The molecule has 0 aliphatic rings. The summed E-state index contributed by atoms with van der Waals surface area (Å²) in [5.74, 6) is -0.0507. The van der Waals surface area contributed by atoms with E-state index in [0.717, 1.165) is 57.8 Å². The van der Waals surface area contributed by atoms with Crippen LogP contribution in [-0.2, 0) is 14.3 Å². The fraction of sp³-hybridized carbons (Fsp3) is 0.966. The van der Waals surface area contributed by atoms with E-state index in [9.17, 15) is 19.8 Å². The second-order valence-electron chi connectivity index (χ2n) is 20.7. The molecular weight excluding hydrogens is 803 g/mol. The highest BCUT2D eigenvalue weighted by molar-refractivity contribution is 5.76. The number of nitrogens with one attached hydrogen (secondary N) is 1. The van der Waals surface area contributed by atoms with E-state index < -0.39 is 12.1 Å². The smallest absolute Gasteiger partial charge is 0.305 e. The highest BCUT2D eigenvalue weighted by Crippen LogP contribution is 2.18. The molecule has 0 radical (unpaired) electrons. The molecule has 1 amide bonds. The van der Waals surface area contributed by atoms with Gasteiger partial charge in [-0.2, -0.15) is 0 Å². The Labute approximate surface area is 406 Å². The van der Waals surface area contributed by atoms with Crippen LogP contribution in [-0.4, -0.2) is 47.4 Å². The van der Waals surface area contributed by atoms with Gasteiger partial charge in [0.25, 0.3) is 0 Å². The Kier molecular flexibility index (Phi) is 54.5. The molecule has 0 saturated carbocycles. The Morgan fingerprint density at radius 1 is 0.369 bits per heavy atom. The van der Waals surface area contributed by atoms with Gasteiger partial charge < -0.3 is 20.3 Å². The minimum atomic E-state index is -0.674. The van der Waals surface area contributed by atoms with Crippen molar-refractivity contribution in [3.8, 4) is 0 Å². The predicted molar refractivity (Wildman–Crippen MR) is 283 cm³/mol. The molecule has 0 fully saturated rings. The highest BCUT2D eigenvalue weighted by Gasteiger charge is 2.20. The summed E-state index contributed by atoms with van der Waals surface area (Å²) in [6.45, 7) is 4.95. The molecule has 0 aliphatic heterocycles. The number of carbonyl (C=O) groups is 2. The van der Waals surface area contributed by atoms with E-state index in [2.05, 4.69) is 19.2 Å². The molecular formula is C59H117NO5. The topological polar surface area (TPSA) is 95.9 Å². The quantitative estimate of drug-likeness (QED) is 0.0417. The summed E-state index contributed by atoms with van der Waals surface area (Å²) in [5.41, 5.74) is 0. The lowest BCUT2D eigenvalue weighted by Crippen LogP contribution is -2.45. The molecule has 0 aromatic carbocycles. The molecule has 388 valence electrons. The van der Waals surface area contributed by atoms with Gasteiger partial charge in [-0.3, -0.25) is 9.59 Å². The summed E-state index contributed by atoms with van der Waals surface area (Å²) in [6, 6.07) is -0.552. The molecule has 2 atom stereocenters. The van der Waals surface area contributed by atoms with Crippen LogP contribution < -0.4 is 5.32 Å². The Hall–Kier alpha value is -1.14. The molecule has 6 nitrogen and oxygen atoms in total. The van der Waals surface area contributed by atoms with Crippen LogP contribution in [0.5, 0.6) is 0 Å². The maximum Gasteiger partial charge on any atom is 0.305 e. The third-order valence-corrected chi connectivity index (χ3v) is 14.2. The number of aliphatic hydroxyl groups is 2. The third-order valence-electron chi connectivity index (χ3n) is 14.2. The maximum absolute atomic E-state index is 12.5. The van der Waals surface area contributed by atoms with Crippen molar-refractivity contribution in [3.63, 3.8) is 0 Å². The van der Waals surface area contributed by atoms with E-state index in [1.807, 2.05) is 0 Å². The van der Waals surface area contributed by atoms with Gasteiger partial charge in [-0.25, -0.2) is 0 Å². The zero-order valence-electron chi connectivity index (χ0n) is 44.3. The molecule has 0 saturated heterocycles. The van der Waals surface area contributed by atoms with Crippen LogP contribution in [0, 0.1) is 0 Å². The van der Waals surface area contributed by atoms with Crippen molar-refractivity contribution in [1.29, 1.82) is 0 Å². The molecule has 2 unspecified atom stereocenters. The monoisotopic (exact) mass is 920 g/mol. The van der Waals surface area contributed by atoms with Gasteiger partial charge in [-0.05, 0) is 25.7 Å². The largest absolute Gasteiger partial charge is 0.466 e. The molecule has 0 bridgehead atoms. The zero-order chi connectivity index (χ0) is 47.2. The van der Waals surface area contributed by atoms with Gasteiger partial charge >= 0.3 is 5.97 Å². The third kappa shape index (κ3) is 52.1. The van der Waals surface area contributed by atoms with Gasteiger partial charge in [0, 0.05) is 12.8 Å². The van der Waals surface area contributed by atoms with E-state index >= 15 is 0 Å². The summed E-state index contributed by atoms with van der Waals surface area (Å²) in [7, 11) is 0. The number of hydrogen-bond donors (Lipinski definition) is 3. The summed E-state index contributed by atoms with van der Waals surface area (Å²) in [6.07, 6.45) is 63.8. The summed E-state index contributed by atoms with van der Waals surface area (Å²) in [5, 5.41) is 23.3. The number of rotatable bonds is 56. The number of amides is 1. The minimum Gasteiger partial charge on any atom is -0.466 e. The first-order valence-electron chi connectivity index (χ1n) is 29.8. The van der Waals surface area contributed by atoms with Crippen LogP contribution in [0.1, 0.15) is 341 Å². The van der Waals surface area contributed by atoms with Crippen LogP contribution >= 0.6 is 0 Å². The first-order chi connectivity index (χ1) is 32.0. The lowest BCUT2D eigenvalue weighted by atomic mass is 10.0. The summed E-state index contributed by atoms with van der Waals surface area (Å²) in [4.78, 5) is 24.6. The first-order valence-corrected chi connectivity index (χ1v) is 29.8. The molecule has 0 aliphatic carbocycles. The second kappa shape index (κ2) is 55.5. The van der Waals surface area contributed by atoms with Crippen molar-refractivity contribution in [2.45, 2.75) is 353 Å². The van der Waals surface area contributed by atoms with Gasteiger partial charge in [0.1, 0.15) is 0 Å². The van der Waals surface area contributed by atoms with Gasteiger partial charge in [0.05, 0.1) is 25.4 Å². The summed E-state index contributed by atoms with van der Waals surface area (Å²) >= 11 is 0. The lowest BCUT2D eigenvalue weighted by Gasteiger charge is -2.22. The van der Waals surface area contributed by atoms with Crippen molar-refractivity contribution in [1.82, 2.24) is 5.32 Å². The van der Waals surface area contributed by atoms with Crippen molar-refractivity contribution in [2.75, 3.05) is 13.2 Å². The highest BCUT2D eigenvalue weighted by atomic mass is 16.5. The number of hydrogen-bond acceptors (Lipinski definition) is 5. The number of esters is 1. The molecule has 65 heavy (non-hydrogen) atoms. The normalized spacial score (nSPS) is 12.5. The molecule has 3 N–H and O–H groups in total. The molecule has 0 aromatic heterocycles. The maximum atomic E-state index is 12.5. The number of carbonyl (C=O) groups excluding carboxylic acids is 2. The average molecular weight is 921 g/mol. The van der Waals surface area contributed by atoms with Crippen molar-refractivity contribution < 1.29 is 24.5 Å².